The first-order chi connectivity index (χ1) is 7.45. The van der Waals surface area contributed by atoms with Crippen molar-refractivity contribution in [2.24, 2.45) is 0 Å². The molecule has 0 spiro atoms. The number of alkyl halides is 3. The van der Waals surface area contributed by atoms with Crippen LogP contribution in [0.2, 0.25) is 0 Å². The van der Waals surface area contributed by atoms with E-state index in [9.17, 15) is 13.2 Å². The SMILES string of the molecule is COc1ccc(C(F)(F)F)c2nnc(C)n12. The number of hydrogen-bond acceptors (Lipinski definition) is 3. The van der Waals surface area contributed by atoms with Crippen LogP contribution in [-0.2, 0) is 6.18 Å². The van der Waals surface area contributed by atoms with E-state index in [0.29, 0.717) is 5.82 Å². The van der Waals surface area contributed by atoms with Gasteiger partial charge in [-0.25, -0.2) is 4.40 Å². The van der Waals surface area contributed by atoms with Crippen molar-refractivity contribution >= 4 is 5.65 Å². The Morgan fingerprint density at radius 3 is 2.50 bits per heavy atom. The Hall–Kier alpha value is -1.79. The minimum Gasteiger partial charge on any atom is -0.482 e. The number of aryl methyl sites for hydroxylation is 1. The second kappa shape index (κ2) is 3.36. The van der Waals surface area contributed by atoms with Gasteiger partial charge in [-0.15, -0.1) is 10.2 Å². The lowest BCUT2D eigenvalue weighted by Gasteiger charge is -2.10. The minimum atomic E-state index is -4.45. The lowest BCUT2D eigenvalue weighted by Crippen LogP contribution is -2.09. The smallest absolute Gasteiger partial charge is 0.420 e. The Kier molecular flexibility index (Phi) is 2.25. The molecule has 0 bridgehead atoms. The van der Waals surface area contributed by atoms with Crippen LogP contribution < -0.4 is 4.74 Å². The van der Waals surface area contributed by atoms with Gasteiger partial charge in [-0.2, -0.15) is 13.2 Å². The number of halogens is 3. The molecule has 0 fully saturated rings. The monoisotopic (exact) mass is 231 g/mol. The average Bonchev–Trinajstić information content (AvgIpc) is 2.58. The van der Waals surface area contributed by atoms with Crippen LogP contribution in [0.1, 0.15) is 11.4 Å². The summed E-state index contributed by atoms with van der Waals surface area (Å²) in [6, 6.07) is 2.18. The van der Waals surface area contributed by atoms with Gasteiger partial charge in [0.05, 0.1) is 7.11 Å². The van der Waals surface area contributed by atoms with Gasteiger partial charge in [-0.3, -0.25) is 0 Å². The zero-order valence-electron chi connectivity index (χ0n) is 8.54. The summed E-state index contributed by atoms with van der Waals surface area (Å²) >= 11 is 0. The molecule has 7 heteroatoms. The Labute approximate surface area is 88.7 Å². The Bertz CT molecular complexity index is 533. The second-order valence-electron chi connectivity index (χ2n) is 3.19. The summed E-state index contributed by atoms with van der Waals surface area (Å²) in [7, 11) is 1.38. The molecule has 0 unspecified atom stereocenters. The van der Waals surface area contributed by atoms with Gasteiger partial charge in [0, 0.05) is 0 Å². The predicted octanol–water partition coefficient (Wildman–Crippen LogP) is 2.07. The van der Waals surface area contributed by atoms with E-state index < -0.39 is 11.7 Å². The summed E-state index contributed by atoms with van der Waals surface area (Å²) in [4.78, 5) is 0. The molecule has 0 saturated carbocycles. The van der Waals surface area contributed by atoms with E-state index in [1.807, 2.05) is 0 Å². The molecule has 0 N–H and O–H groups in total. The van der Waals surface area contributed by atoms with Crippen LogP contribution in [0.3, 0.4) is 0 Å². The maximum atomic E-state index is 12.6. The van der Waals surface area contributed by atoms with Gasteiger partial charge in [0.15, 0.2) is 5.65 Å². The standard InChI is InChI=1S/C9H8F3N3O/c1-5-13-14-8-6(9(10,11)12)3-4-7(16-2)15(5)8/h3-4H,1-2H3. The van der Waals surface area contributed by atoms with Gasteiger partial charge in [0.25, 0.3) is 0 Å². The highest BCUT2D eigenvalue weighted by atomic mass is 19.4. The molecule has 2 aromatic rings. The van der Waals surface area contributed by atoms with Crippen molar-refractivity contribution < 1.29 is 17.9 Å². The van der Waals surface area contributed by atoms with E-state index in [0.717, 1.165) is 6.07 Å². The molecular weight excluding hydrogens is 223 g/mol. The van der Waals surface area contributed by atoms with Gasteiger partial charge < -0.3 is 4.74 Å². The molecule has 0 amide bonds. The van der Waals surface area contributed by atoms with Crippen molar-refractivity contribution in [3.8, 4) is 5.88 Å². The summed E-state index contributed by atoms with van der Waals surface area (Å²) in [6.07, 6.45) is -4.45. The Morgan fingerprint density at radius 1 is 1.25 bits per heavy atom. The number of methoxy groups -OCH3 is 1. The molecule has 2 heterocycles. The van der Waals surface area contributed by atoms with Gasteiger partial charge >= 0.3 is 6.18 Å². The van der Waals surface area contributed by atoms with E-state index in [1.165, 1.54) is 17.6 Å². The third-order valence-corrected chi connectivity index (χ3v) is 2.19. The summed E-state index contributed by atoms with van der Waals surface area (Å²) in [5.41, 5.74) is -1.07. The molecule has 0 aromatic carbocycles. The minimum absolute atomic E-state index is 0.246. The number of nitrogens with zero attached hydrogens (tertiary/aromatic N) is 3. The summed E-state index contributed by atoms with van der Waals surface area (Å²) in [6.45, 7) is 1.56. The molecule has 0 radical (unpaired) electrons. The fourth-order valence-corrected chi connectivity index (χ4v) is 1.48. The fourth-order valence-electron chi connectivity index (χ4n) is 1.48. The molecule has 2 rings (SSSR count). The second-order valence-corrected chi connectivity index (χ2v) is 3.19. The van der Waals surface area contributed by atoms with E-state index in [-0.39, 0.29) is 11.5 Å². The van der Waals surface area contributed by atoms with E-state index in [1.54, 1.807) is 6.92 Å². The molecule has 4 nitrogen and oxygen atoms in total. The molecule has 0 aliphatic heterocycles. The third-order valence-electron chi connectivity index (χ3n) is 2.19. The molecule has 0 atom stereocenters. The maximum absolute atomic E-state index is 12.6. The quantitative estimate of drug-likeness (QED) is 0.754. The van der Waals surface area contributed by atoms with Crippen LogP contribution in [0.15, 0.2) is 12.1 Å². The highest BCUT2D eigenvalue weighted by Gasteiger charge is 2.34. The molecule has 0 aliphatic carbocycles. The fraction of sp³-hybridized carbons (Fsp3) is 0.333. The lowest BCUT2D eigenvalue weighted by molar-refractivity contribution is -0.136. The maximum Gasteiger partial charge on any atom is 0.420 e. The molecule has 16 heavy (non-hydrogen) atoms. The van der Waals surface area contributed by atoms with Gasteiger partial charge in [-0.1, -0.05) is 0 Å². The first-order valence-corrected chi connectivity index (χ1v) is 4.41. The zero-order valence-corrected chi connectivity index (χ0v) is 8.54. The van der Waals surface area contributed by atoms with Gasteiger partial charge in [0.1, 0.15) is 11.4 Å². The van der Waals surface area contributed by atoms with Crippen LogP contribution in [0.25, 0.3) is 5.65 Å². The van der Waals surface area contributed by atoms with E-state index in [2.05, 4.69) is 10.2 Å². The molecular formula is C9H8F3N3O. The molecule has 0 saturated heterocycles. The molecule has 2 aromatic heterocycles. The summed E-state index contributed by atoms with van der Waals surface area (Å²) < 4.78 is 44.1. The van der Waals surface area contributed by atoms with Crippen molar-refractivity contribution in [2.45, 2.75) is 13.1 Å². The van der Waals surface area contributed by atoms with Crippen LogP contribution in [0, 0.1) is 6.92 Å². The van der Waals surface area contributed by atoms with Crippen molar-refractivity contribution in [1.29, 1.82) is 0 Å². The van der Waals surface area contributed by atoms with E-state index in [4.69, 9.17) is 4.74 Å². The van der Waals surface area contributed by atoms with Crippen LogP contribution in [0.5, 0.6) is 5.88 Å². The largest absolute Gasteiger partial charge is 0.482 e. The first-order valence-electron chi connectivity index (χ1n) is 4.41. The number of ether oxygens (including phenoxy) is 1. The van der Waals surface area contributed by atoms with E-state index >= 15 is 0 Å². The number of rotatable bonds is 1. The van der Waals surface area contributed by atoms with Crippen molar-refractivity contribution in [2.75, 3.05) is 7.11 Å². The normalized spacial score (nSPS) is 12.1. The Balaban J connectivity index is 2.82. The van der Waals surface area contributed by atoms with Crippen molar-refractivity contribution in [3.63, 3.8) is 0 Å². The Morgan fingerprint density at radius 2 is 1.94 bits per heavy atom. The molecule has 86 valence electrons. The topological polar surface area (TPSA) is 39.4 Å². The average molecular weight is 231 g/mol. The van der Waals surface area contributed by atoms with Crippen molar-refractivity contribution in [1.82, 2.24) is 14.6 Å². The first kappa shape index (κ1) is 10.7. The van der Waals surface area contributed by atoms with Gasteiger partial charge in [0.2, 0.25) is 5.88 Å². The highest BCUT2D eigenvalue weighted by Crippen LogP contribution is 2.33. The van der Waals surface area contributed by atoms with Gasteiger partial charge in [-0.05, 0) is 19.1 Å². The third kappa shape index (κ3) is 1.48. The summed E-state index contributed by atoms with van der Waals surface area (Å²) in [5, 5.41) is 7.12. The predicted molar refractivity (Wildman–Crippen MR) is 49.3 cm³/mol. The summed E-state index contributed by atoms with van der Waals surface area (Å²) in [5.74, 6) is 0.614. The number of pyridine rings is 1. The van der Waals surface area contributed by atoms with Crippen LogP contribution in [-0.4, -0.2) is 21.7 Å². The number of aromatic nitrogens is 3. The molecule has 0 aliphatic rings. The zero-order chi connectivity index (χ0) is 11.9. The number of hydrogen-bond donors (Lipinski definition) is 0. The van der Waals surface area contributed by atoms with Crippen LogP contribution >= 0.6 is 0 Å². The lowest BCUT2D eigenvalue weighted by atomic mass is 10.2. The van der Waals surface area contributed by atoms with Crippen LogP contribution in [0.4, 0.5) is 13.2 Å². The highest BCUT2D eigenvalue weighted by molar-refractivity contribution is 5.52. The number of fused-ring (bicyclic) bond motifs is 1. The van der Waals surface area contributed by atoms with Crippen molar-refractivity contribution in [3.05, 3.63) is 23.5 Å².